The Labute approximate surface area is 108 Å². The first kappa shape index (κ1) is 14.3. The van der Waals surface area contributed by atoms with E-state index < -0.39 is 6.10 Å². The summed E-state index contributed by atoms with van der Waals surface area (Å²) in [4.78, 5) is 0. The Morgan fingerprint density at radius 3 is 2.47 bits per heavy atom. The Balaban J connectivity index is 2.52. The molecule has 0 spiro atoms. The highest BCUT2D eigenvalue weighted by Gasteiger charge is 2.08. The van der Waals surface area contributed by atoms with Crippen LogP contribution in [-0.4, -0.2) is 30.9 Å². The van der Waals surface area contributed by atoms with E-state index >= 15 is 0 Å². The first-order chi connectivity index (χ1) is 8.04. The number of aliphatic hydroxyl groups excluding tert-OH is 1. The number of hydrogen-bond acceptors (Lipinski definition) is 2. The molecule has 4 heteroatoms. The highest BCUT2D eigenvalue weighted by atomic mass is 35.5. The van der Waals surface area contributed by atoms with Crippen LogP contribution in [0.15, 0.2) is 12.1 Å². The number of likely N-dealkylation sites (N-methyl/N-ethyl adjacent to an activating group) is 1. The molecule has 0 radical (unpaired) electrons. The van der Waals surface area contributed by atoms with Crippen LogP contribution >= 0.6 is 11.6 Å². The van der Waals surface area contributed by atoms with Gasteiger partial charge >= 0.3 is 0 Å². The van der Waals surface area contributed by atoms with Crippen molar-refractivity contribution >= 4 is 11.6 Å². The molecule has 0 aromatic heterocycles. The third kappa shape index (κ3) is 4.54. The van der Waals surface area contributed by atoms with Gasteiger partial charge in [0, 0.05) is 5.02 Å². The number of hydrogen-bond donors (Lipinski definition) is 2. The van der Waals surface area contributed by atoms with Gasteiger partial charge < -0.3 is 15.2 Å². The van der Waals surface area contributed by atoms with Gasteiger partial charge in [0.05, 0.1) is 6.54 Å². The molecule has 0 unspecified atom stereocenters. The molecule has 0 aliphatic heterocycles. The summed E-state index contributed by atoms with van der Waals surface area (Å²) in [5, 5.41) is 12.5. The molecule has 0 aliphatic rings. The Hall–Kier alpha value is -0.770. The van der Waals surface area contributed by atoms with Gasteiger partial charge in [0.1, 0.15) is 25.0 Å². The van der Waals surface area contributed by atoms with E-state index in [1.807, 2.05) is 31.3 Å². The van der Waals surface area contributed by atoms with Crippen LogP contribution in [0.5, 0.6) is 5.75 Å². The number of nitrogens with two attached hydrogens (primary N) is 1. The number of quaternary nitrogens is 1. The van der Waals surface area contributed by atoms with E-state index in [2.05, 4.69) is 6.92 Å². The molecule has 1 aromatic carbocycles. The predicted octanol–water partition coefficient (Wildman–Crippen LogP) is 1.28. The number of aliphatic hydroxyl groups is 1. The molecule has 1 rings (SSSR count). The molecule has 0 fully saturated rings. The maximum Gasteiger partial charge on any atom is 0.137 e. The molecule has 0 amide bonds. The lowest BCUT2D eigenvalue weighted by molar-refractivity contribution is -0.658. The summed E-state index contributed by atoms with van der Waals surface area (Å²) in [7, 11) is 0. The smallest absolute Gasteiger partial charge is 0.137 e. The van der Waals surface area contributed by atoms with E-state index in [0.29, 0.717) is 13.2 Å². The lowest BCUT2D eigenvalue weighted by Gasteiger charge is -2.13. The van der Waals surface area contributed by atoms with Gasteiger partial charge in [-0.3, -0.25) is 0 Å². The third-order valence-corrected chi connectivity index (χ3v) is 3.18. The molecule has 0 bridgehead atoms. The monoisotopic (exact) mass is 258 g/mol. The second-order valence-corrected chi connectivity index (χ2v) is 4.65. The fourth-order valence-electron chi connectivity index (χ4n) is 1.61. The molecule has 0 aliphatic carbocycles. The average molecular weight is 259 g/mol. The minimum absolute atomic E-state index is 0.316. The van der Waals surface area contributed by atoms with Crippen molar-refractivity contribution in [1.82, 2.24) is 0 Å². The first-order valence-corrected chi connectivity index (χ1v) is 6.31. The van der Waals surface area contributed by atoms with E-state index in [4.69, 9.17) is 16.3 Å². The largest absolute Gasteiger partial charge is 0.491 e. The summed E-state index contributed by atoms with van der Waals surface area (Å²) in [5.74, 6) is 0.764. The minimum Gasteiger partial charge on any atom is -0.491 e. The molecule has 3 N–H and O–H groups in total. The van der Waals surface area contributed by atoms with Gasteiger partial charge in [0.2, 0.25) is 0 Å². The van der Waals surface area contributed by atoms with Crippen LogP contribution in [0.25, 0.3) is 0 Å². The topological polar surface area (TPSA) is 46.1 Å². The zero-order valence-electron chi connectivity index (χ0n) is 10.7. The van der Waals surface area contributed by atoms with Gasteiger partial charge in [0.25, 0.3) is 0 Å². The maximum atomic E-state index is 9.65. The number of ether oxygens (including phenoxy) is 1. The molecular formula is C13H21ClNO2+. The van der Waals surface area contributed by atoms with Crippen LogP contribution in [0.3, 0.4) is 0 Å². The van der Waals surface area contributed by atoms with Gasteiger partial charge in [-0.15, -0.1) is 0 Å². The minimum atomic E-state index is -0.439. The van der Waals surface area contributed by atoms with E-state index in [0.717, 1.165) is 28.4 Å². The quantitative estimate of drug-likeness (QED) is 0.808. The Kier molecular flexibility index (Phi) is 5.75. The summed E-state index contributed by atoms with van der Waals surface area (Å²) in [6, 6.07) is 3.79. The molecule has 0 heterocycles. The summed E-state index contributed by atoms with van der Waals surface area (Å²) < 4.78 is 5.55. The second-order valence-electron chi connectivity index (χ2n) is 4.27. The Morgan fingerprint density at radius 1 is 1.35 bits per heavy atom. The molecule has 1 atom stereocenters. The van der Waals surface area contributed by atoms with E-state index in [9.17, 15) is 5.11 Å². The van der Waals surface area contributed by atoms with Crippen molar-refractivity contribution in [3.63, 3.8) is 0 Å². The van der Waals surface area contributed by atoms with Crippen molar-refractivity contribution in [1.29, 1.82) is 0 Å². The molecule has 0 saturated carbocycles. The number of rotatable bonds is 6. The number of halogens is 1. The third-order valence-electron chi connectivity index (χ3n) is 2.58. The van der Waals surface area contributed by atoms with Crippen LogP contribution < -0.4 is 10.1 Å². The molecule has 96 valence electrons. The van der Waals surface area contributed by atoms with Gasteiger partial charge in [-0.1, -0.05) is 11.6 Å². The number of aryl methyl sites for hydroxylation is 2. The highest BCUT2D eigenvalue weighted by molar-refractivity contribution is 6.32. The summed E-state index contributed by atoms with van der Waals surface area (Å²) in [6.45, 7) is 7.90. The fourth-order valence-corrected chi connectivity index (χ4v) is 1.72. The van der Waals surface area contributed by atoms with Gasteiger partial charge in [-0.2, -0.15) is 0 Å². The van der Waals surface area contributed by atoms with Gasteiger partial charge in [0.15, 0.2) is 0 Å². The molecular weight excluding hydrogens is 238 g/mol. The summed E-state index contributed by atoms with van der Waals surface area (Å²) in [5.41, 5.74) is 1.99. The van der Waals surface area contributed by atoms with Gasteiger partial charge in [-0.05, 0) is 44.0 Å². The fraction of sp³-hybridized carbons (Fsp3) is 0.538. The van der Waals surface area contributed by atoms with E-state index in [1.165, 1.54) is 0 Å². The average Bonchev–Trinajstić information content (AvgIpc) is 2.30. The van der Waals surface area contributed by atoms with E-state index in [-0.39, 0.29) is 0 Å². The van der Waals surface area contributed by atoms with Crippen LogP contribution in [0.4, 0.5) is 0 Å². The summed E-state index contributed by atoms with van der Waals surface area (Å²) >= 11 is 6.07. The Bertz CT molecular complexity index is 345. The molecule has 17 heavy (non-hydrogen) atoms. The van der Waals surface area contributed by atoms with Crippen molar-refractivity contribution in [3.8, 4) is 5.75 Å². The maximum absolute atomic E-state index is 9.65. The lowest BCUT2D eigenvalue weighted by Crippen LogP contribution is -2.86. The lowest BCUT2D eigenvalue weighted by atomic mass is 10.1. The van der Waals surface area contributed by atoms with Gasteiger partial charge in [-0.25, -0.2) is 0 Å². The zero-order chi connectivity index (χ0) is 12.8. The normalized spacial score (nSPS) is 12.5. The first-order valence-electron chi connectivity index (χ1n) is 5.93. The van der Waals surface area contributed by atoms with Crippen molar-refractivity contribution in [2.45, 2.75) is 26.9 Å². The Morgan fingerprint density at radius 2 is 1.94 bits per heavy atom. The predicted molar refractivity (Wildman–Crippen MR) is 69.8 cm³/mol. The van der Waals surface area contributed by atoms with Crippen molar-refractivity contribution in [3.05, 3.63) is 28.3 Å². The second kappa shape index (κ2) is 6.84. The number of benzene rings is 1. The highest BCUT2D eigenvalue weighted by Crippen LogP contribution is 2.25. The van der Waals surface area contributed by atoms with Crippen LogP contribution in [-0.2, 0) is 0 Å². The van der Waals surface area contributed by atoms with E-state index in [1.54, 1.807) is 0 Å². The summed E-state index contributed by atoms with van der Waals surface area (Å²) in [6.07, 6.45) is -0.439. The standard InChI is InChI=1S/C13H20ClNO2/c1-4-15-7-11(16)8-17-12-5-9(2)13(14)10(3)6-12/h5-6,11,15-16H,4,7-8H2,1-3H3/p+1/t11-/m0/s1. The zero-order valence-corrected chi connectivity index (χ0v) is 11.4. The van der Waals surface area contributed by atoms with Crippen molar-refractivity contribution in [2.75, 3.05) is 19.7 Å². The van der Waals surface area contributed by atoms with Crippen molar-refractivity contribution < 1.29 is 15.2 Å². The van der Waals surface area contributed by atoms with Crippen molar-refractivity contribution in [2.24, 2.45) is 0 Å². The molecule has 1 aromatic rings. The molecule has 3 nitrogen and oxygen atoms in total. The molecule has 0 saturated heterocycles. The van der Waals surface area contributed by atoms with Crippen LogP contribution in [0, 0.1) is 13.8 Å². The van der Waals surface area contributed by atoms with Crippen LogP contribution in [0.1, 0.15) is 18.1 Å². The SMILES string of the molecule is CC[NH2+]C[C@H](O)COc1cc(C)c(Cl)c(C)c1. The van der Waals surface area contributed by atoms with Crippen LogP contribution in [0.2, 0.25) is 5.02 Å².